The number of hydrogen-bond acceptors (Lipinski definition) is 11. The minimum Gasteiger partial charge on any atom is -0.467 e. The Balaban J connectivity index is 1.70. The van der Waals surface area contributed by atoms with E-state index in [-0.39, 0.29) is 43.5 Å². The number of ether oxygens (including phenoxy) is 4. The van der Waals surface area contributed by atoms with Crippen molar-refractivity contribution in [1.29, 1.82) is 0 Å². The molecule has 0 radical (unpaired) electrons. The molecule has 3 aliphatic carbocycles. The Hall–Kier alpha value is -2.08. The summed E-state index contributed by atoms with van der Waals surface area (Å²) in [6.07, 6.45) is -6.86. The first kappa shape index (κ1) is 26.5. The molecular weight excluding hydrogens is 488 g/mol. The number of aliphatic hydroxyl groups excluding tert-OH is 3. The molecule has 37 heavy (non-hydrogen) atoms. The fraction of sp³-hybridized carbons (Fsp3) is 0.846. The molecule has 2 aliphatic heterocycles. The second-order valence-corrected chi connectivity index (χ2v) is 12.3. The van der Waals surface area contributed by atoms with Crippen molar-refractivity contribution in [3.8, 4) is 0 Å². The predicted octanol–water partition coefficient (Wildman–Crippen LogP) is -0.238. The highest BCUT2D eigenvalue weighted by atomic mass is 16.6. The molecule has 206 valence electrons. The second-order valence-electron chi connectivity index (χ2n) is 12.3. The number of aliphatic hydroxyl groups is 3. The van der Waals surface area contributed by atoms with Gasteiger partial charge in [0.25, 0.3) is 0 Å². The van der Waals surface area contributed by atoms with Gasteiger partial charge in [-0.05, 0) is 29.6 Å². The van der Waals surface area contributed by atoms with Gasteiger partial charge in [0.1, 0.15) is 18.3 Å². The lowest BCUT2D eigenvalue weighted by molar-refractivity contribution is -0.299. The van der Waals surface area contributed by atoms with Crippen LogP contribution in [0.25, 0.3) is 0 Å². The maximum absolute atomic E-state index is 13.4. The van der Waals surface area contributed by atoms with E-state index in [2.05, 4.69) is 0 Å². The van der Waals surface area contributed by atoms with Gasteiger partial charge >= 0.3 is 17.9 Å². The van der Waals surface area contributed by atoms with E-state index in [1.54, 1.807) is 6.92 Å². The van der Waals surface area contributed by atoms with Crippen molar-refractivity contribution in [3.63, 3.8) is 0 Å². The summed E-state index contributed by atoms with van der Waals surface area (Å²) in [5.74, 6) is -5.91. The van der Waals surface area contributed by atoms with Crippen LogP contribution in [0.4, 0.5) is 0 Å². The lowest BCUT2D eigenvalue weighted by Crippen LogP contribution is -2.79. The third-order valence-electron chi connectivity index (χ3n) is 10.1. The summed E-state index contributed by atoms with van der Waals surface area (Å²) in [5, 5.41) is 33.7. The fourth-order valence-corrected chi connectivity index (χ4v) is 8.74. The van der Waals surface area contributed by atoms with Crippen LogP contribution in [0.3, 0.4) is 0 Å². The third kappa shape index (κ3) is 3.20. The summed E-state index contributed by atoms with van der Waals surface area (Å²) in [6, 6.07) is 0. The lowest BCUT2D eigenvalue weighted by atomic mass is 9.37. The Bertz CT molecular complexity index is 1030. The minimum atomic E-state index is -2.18. The molecule has 11 heteroatoms. The van der Waals surface area contributed by atoms with E-state index in [1.807, 2.05) is 20.8 Å². The molecule has 2 bridgehead atoms. The summed E-state index contributed by atoms with van der Waals surface area (Å²) < 4.78 is 22.6. The predicted molar refractivity (Wildman–Crippen MR) is 122 cm³/mol. The highest BCUT2D eigenvalue weighted by Gasteiger charge is 2.85. The van der Waals surface area contributed by atoms with Crippen molar-refractivity contribution in [2.24, 2.45) is 40.4 Å². The topological polar surface area (TPSA) is 166 Å². The van der Waals surface area contributed by atoms with Crippen LogP contribution >= 0.6 is 0 Å². The smallest absolute Gasteiger partial charge is 0.348 e. The average molecular weight is 525 g/mol. The molecule has 0 aromatic carbocycles. The van der Waals surface area contributed by atoms with E-state index in [9.17, 15) is 34.5 Å². The van der Waals surface area contributed by atoms with Crippen LogP contribution in [0, 0.1) is 40.4 Å². The first-order valence-electron chi connectivity index (χ1n) is 13.0. The number of fused-ring (bicyclic) bond motifs is 2. The normalized spacial score (nSPS) is 50.1. The van der Waals surface area contributed by atoms with E-state index in [0.29, 0.717) is 0 Å². The number of ketones is 1. The summed E-state index contributed by atoms with van der Waals surface area (Å²) >= 11 is 0. The lowest BCUT2D eigenvalue weighted by Gasteiger charge is -2.68. The van der Waals surface area contributed by atoms with Crippen LogP contribution in [0.5, 0.6) is 0 Å². The molecule has 1 spiro atoms. The van der Waals surface area contributed by atoms with Gasteiger partial charge in [0, 0.05) is 24.2 Å². The number of rotatable bonds is 4. The maximum Gasteiger partial charge on any atom is 0.348 e. The SMILES string of the molecule is COC(=O)[C@@]12OC[C@]34[C@H]([C@@H](O)[C@@H]1O)[C@@]1(C)CC(=O)C(O)[C@@H](C)[C@@H]1C[C@H]3OC(=O)[C@H](OC(=O)CC(C)C)[C@@H]24. The zero-order valence-electron chi connectivity index (χ0n) is 21.7. The van der Waals surface area contributed by atoms with E-state index >= 15 is 0 Å². The molecular formula is C26H36O11. The van der Waals surface area contributed by atoms with E-state index in [4.69, 9.17) is 18.9 Å². The molecule has 2 saturated heterocycles. The van der Waals surface area contributed by atoms with Gasteiger partial charge < -0.3 is 34.3 Å². The minimum absolute atomic E-state index is 0.0112. The fourth-order valence-electron chi connectivity index (χ4n) is 8.74. The molecule has 3 N–H and O–H groups in total. The molecule has 5 aliphatic rings. The van der Waals surface area contributed by atoms with Crippen LogP contribution in [0.15, 0.2) is 0 Å². The number of esters is 3. The number of carbonyl (C=O) groups excluding carboxylic acids is 4. The Morgan fingerprint density at radius 1 is 1.16 bits per heavy atom. The molecule has 5 rings (SSSR count). The number of Topliss-reactive ketones (excluding diaryl/α,β-unsaturated/α-hetero) is 1. The largest absolute Gasteiger partial charge is 0.467 e. The molecule has 1 unspecified atom stereocenters. The van der Waals surface area contributed by atoms with Crippen LogP contribution in [0.1, 0.15) is 47.0 Å². The van der Waals surface area contributed by atoms with Crippen molar-refractivity contribution >= 4 is 23.7 Å². The van der Waals surface area contributed by atoms with E-state index < -0.39 is 82.6 Å². The second kappa shape index (κ2) is 8.46. The van der Waals surface area contributed by atoms with Gasteiger partial charge in [-0.2, -0.15) is 0 Å². The molecule has 2 heterocycles. The Kier molecular flexibility index (Phi) is 6.06. The van der Waals surface area contributed by atoms with Crippen LogP contribution in [0.2, 0.25) is 0 Å². The van der Waals surface area contributed by atoms with E-state index in [1.165, 1.54) is 0 Å². The van der Waals surface area contributed by atoms with Crippen molar-refractivity contribution < 1.29 is 53.4 Å². The monoisotopic (exact) mass is 524 g/mol. The standard InChI is InChI=1S/C26H36O11/c1-10(2)6-15(28)37-18-20-25-9-35-26(20,23(33)34-5)21(31)17(30)19(25)24(4)8-13(27)16(29)11(3)12(24)7-14(25)36-22(18)32/h10-12,14,16-21,29-31H,6-9H2,1-5H3/t11-,12-,14+,16?,17+,18+,19+,20+,21-,24-,25+,26-/m0/s1. The van der Waals surface area contributed by atoms with E-state index in [0.717, 1.165) is 7.11 Å². The molecule has 5 fully saturated rings. The van der Waals surface area contributed by atoms with Crippen molar-refractivity contribution in [3.05, 3.63) is 0 Å². The quantitative estimate of drug-likeness (QED) is 0.328. The number of carbonyl (C=O) groups is 4. The third-order valence-corrected chi connectivity index (χ3v) is 10.1. The zero-order valence-corrected chi connectivity index (χ0v) is 21.7. The first-order valence-corrected chi connectivity index (χ1v) is 13.0. The Morgan fingerprint density at radius 2 is 1.84 bits per heavy atom. The van der Waals surface area contributed by atoms with Crippen LogP contribution < -0.4 is 0 Å². The molecule has 0 aromatic rings. The first-order chi connectivity index (χ1) is 17.3. The molecule has 11 nitrogen and oxygen atoms in total. The molecule has 3 saturated carbocycles. The molecule has 12 atom stereocenters. The van der Waals surface area contributed by atoms with Gasteiger partial charge in [-0.1, -0.05) is 27.7 Å². The van der Waals surface area contributed by atoms with Crippen molar-refractivity contribution in [2.75, 3.05) is 13.7 Å². The maximum atomic E-state index is 13.4. The van der Waals surface area contributed by atoms with Gasteiger partial charge in [0.15, 0.2) is 5.78 Å². The van der Waals surface area contributed by atoms with Crippen LogP contribution in [-0.4, -0.2) is 88.8 Å². The average Bonchev–Trinajstić information content (AvgIpc) is 3.12. The van der Waals surface area contributed by atoms with Crippen molar-refractivity contribution in [1.82, 2.24) is 0 Å². The number of methoxy groups -OCH3 is 1. The Morgan fingerprint density at radius 3 is 2.46 bits per heavy atom. The zero-order chi connectivity index (χ0) is 27.2. The highest BCUT2D eigenvalue weighted by Crippen LogP contribution is 2.72. The summed E-state index contributed by atoms with van der Waals surface area (Å²) in [5.41, 5.74) is -4.37. The summed E-state index contributed by atoms with van der Waals surface area (Å²) in [6.45, 7) is 7.02. The van der Waals surface area contributed by atoms with Crippen LogP contribution in [-0.2, 0) is 38.1 Å². The Labute approximate surface area is 214 Å². The van der Waals surface area contributed by atoms with Gasteiger partial charge in [-0.3, -0.25) is 9.59 Å². The summed E-state index contributed by atoms with van der Waals surface area (Å²) in [4.78, 5) is 52.4. The van der Waals surface area contributed by atoms with Crippen molar-refractivity contribution in [2.45, 2.75) is 83.1 Å². The highest BCUT2D eigenvalue weighted by molar-refractivity contribution is 5.88. The number of hydrogen-bond donors (Lipinski definition) is 3. The molecule has 0 amide bonds. The molecule has 0 aromatic heterocycles. The van der Waals surface area contributed by atoms with Gasteiger partial charge in [-0.15, -0.1) is 0 Å². The van der Waals surface area contributed by atoms with Gasteiger partial charge in [0.2, 0.25) is 11.7 Å². The summed E-state index contributed by atoms with van der Waals surface area (Å²) in [7, 11) is 1.11. The van der Waals surface area contributed by atoms with Gasteiger partial charge in [0.05, 0.1) is 25.7 Å². The van der Waals surface area contributed by atoms with Gasteiger partial charge in [-0.25, -0.2) is 9.59 Å².